The van der Waals surface area contributed by atoms with Gasteiger partial charge in [0.05, 0.1) is 0 Å². The molecule has 0 bridgehead atoms. The molecule has 0 atom stereocenters. The molecule has 0 saturated heterocycles. The Morgan fingerprint density at radius 3 is 3.00 bits per heavy atom. The van der Waals surface area contributed by atoms with E-state index in [0.29, 0.717) is 0 Å². The third-order valence-corrected chi connectivity index (χ3v) is 1.32. The van der Waals surface area contributed by atoms with E-state index in [1.807, 2.05) is 5.38 Å². The summed E-state index contributed by atoms with van der Waals surface area (Å²) in [6, 6.07) is 0. The molecule has 1 heterocycles. The van der Waals surface area contributed by atoms with E-state index in [9.17, 15) is 0 Å². The van der Waals surface area contributed by atoms with Crippen molar-refractivity contribution in [3.8, 4) is 0 Å². The van der Waals surface area contributed by atoms with Crippen LogP contribution >= 0.6 is 24.0 Å². The highest BCUT2D eigenvalue weighted by Gasteiger charge is 1.63. The number of rotatable bonds is 0. The Morgan fingerprint density at radius 1 is 2.00 bits per heavy atom. The maximum absolute atomic E-state index is 3.90. The van der Waals surface area contributed by atoms with Crippen LogP contribution in [0.15, 0.2) is 10.4 Å². The summed E-state index contributed by atoms with van der Waals surface area (Å²) in [7, 11) is 0. The van der Waals surface area contributed by atoms with Crippen molar-refractivity contribution in [3.63, 3.8) is 0 Å². The van der Waals surface area contributed by atoms with E-state index in [-0.39, 0.29) is 0 Å². The molecule has 1 aromatic rings. The zero-order chi connectivity index (χ0) is 4.41. The fraction of sp³-hybridized carbons (Fsp3) is 0. The topological polar surface area (TPSA) is 12.9 Å². The second-order valence-corrected chi connectivity index (χ2v) is 1.91. The largest absolute Gasteiger partial charge is 0.380 e. The monoisotopic (exact) mass is 116 g/mol. The first-order valence-corrected chi connectivity index (χ1v) is 2.73. The molecular formula is C3H2NS2-. The van der Waals surface area contributed by atoms with Crippen molar-refractivity contribution in [3.05, 3.63) is 10.9 Å². The molecule has 0 radical (unpaired) electrons. The first-order chi connectivity index (χ1) is 2.89. The summed E-state index contributed by atoms with van der Waals surface area (Å²) in [4.78, 5) is 3.67. The molecule has 6 heavy (non-hydrogen) atoms. The summed E-state index contributed by atoms with van der Waals surface area (Å²) in [6.07, 6.45) is 0. The lowest BCUT2D eigenvalue weighted by Gasteiger charge is -1.77. The van der Waals surface area contributed by atoms with Crippen molar-refractivity contribution in [1.29, 1.82) is 0 Å². The molecular weight excluding hydrogens is 114 g/mol. The highest BCUT2D eigenvalue weighted by Crippen LogP contribution is 2.02. The Bertz CT molecular complexity index is 112. The van der Waals surface area contributed by atoms with Crippen LogP contribution in [0.25, 0.3) is 0 Å². The predicted octanol–water partition coefficient (Wildman–Crippen LogP) is 1.23. The Hall–Kier alpha value is -0.0200. The van der Waals surface area contributed by atoms with Crippen LogP contribution in [0.3, 0.4) is 0 Å². The standard InChI is InChI=1S/C3H2NS2/c5-3-1-6-2-4-3/h1,5H/q-1. The lowest BCUT2D eigenvalue weighted by molar-refractivity contribution is 1.21. The van der Waals surface area contributed by atoms with Crippen LogP contribution < -0.4 is 0 Å². The van der Waals surface area contributed by atoms with Crippen molar-refractivity contribution in [2.24, 2.45) is 0 Å². The minimum atomic E-state index is 0.750. The summed E-state index contributed by atoms with van der Waals surface area (Å²) in [5.41, 5.74) is 2.64. The molecule has 0 aliphatic carbocycles. The van der Waals surface area contributed by atoms with Gasteiger partial charge in [0.1, 0.15) is 0 Å². The van der Waals surface area contributed by atoms with Crippen molar-refractivity contribution in [2.75, 3.05) is 0 Å². The van der Waals surface area contributed by atoms with Gasteiger partial charge >= 0.3 is 0 Å². The van der Waals surface area contributed by atoms with Crippen molar-refractivity contribution in [2.45, 2.75) is 5.03 Å². The molecule has 0 aliphatic rings. The van der Waals surface area contributed by atoms with E-state index >= 15 is 0 Å². The quantitative estimate of drug-likeness (QED) is 0.397. The minimum absolute atomic E-state index is 0.750. The Kier molecular flexibility index (Phi) is 1.12. The van der Waals surface area contributed by atoms with Crippen LogP contribution in [-0.2, 0) is 0 Å². The lowest BCUT2D eigenvalue weighted by atomic mass is 11.0. The van der Waals surface area contributed by atoms with E-state index in [4.69, 9.17) is 0 Å². The highest BCUT2D eigenvalue weighted by atomic mass is 32.1. The molecule has 1 aromatic heterocycles. The lowest BCUT2D eigenvalue weighted by Crippen LogP contribution is -1.52. The van der Waals surface area contributed by atoms with Gasteiger partial charge in [0.15, 0.2) is 0 Å². The summed E-state index contributed by atoms with van der Waals surface area (Å²) in [6.45, 7) is 0. The SMILES string of the molecule is Sc1cs[c-]n1. The smallest absolute Gasteiger partial charge is 0.0207 e. The van der Waals surface area contributed by atoms with Gasteiger partial charge in [-0.15, -0.1) is 5.38 Å². The molecule has 0 amide bonds. The van der Waals surface area contributed by atoms with Gasteiger partial charge < -0.3 is 4.98 Å². The number of aromatic nitrogens is 1. The van der Waals surface area contributed by atoms with Gasteiger partial charge in [0, 0.05) is 0 Å². The number of thiazole rings is 1. The van der Waals surface area contributed by atoms with Crippen LogP contribution in [0.2, 0.25) is 0 Å². The zero-order valence-corrected chi connectivity index (χ0v) is 4.59. The minimum Gasteiger partial charge on any atom is -0.380 e. The molecule has 0 fully saturated rings. The maximum Gasteiger partial charge on any atom is -0.0207 e. The van der Waals surface area contributed by atoms with E-state index in [2.05, 4.69) is 23.1 Å². The van der Waals surface area contributed by atoms with Gasteiger partial charge in [-0.1, -0.05) is 5.03 Å². The zero-order valence-electron chi connectivity index (χ0n) is 2.88. The van der Waals surface area contributed by atoms with Gasteiger partial charge in [-0.3, -0.25) is 11.3 Å². The van der Waals surface area contributed by atoms with Crippen LogP contribution in [0.1, 0.15) is 0 Å². The van der Waals surface area contributed by atoms with Gasteiger partial charge in [-0.25, -0.2) is 12.6 Å². The second kappa shape index (κ2) is 1.62. The molecule has 0 aromatic carbocycles. The van der Waals surface area contributed by atoms with E-state index < -0.39 is 0 Å². The fourth-order valence-corrected chi connectivity index (χ4v) is 0.816. The average molecular weight is 116 g/mol. The van der Waals surface area contributed by atoms with E-state index in [1.54, 1.807) is 0 Å². The first kappa shape index (κ1) is 4.15. The Balaban J connectivity index is 3.05. The summed E-state index contributed by atoms with van der Waals surface area (Å²) in [5.74, 6) is 0. The molecule has 1 rings (SSSR count). The normalized spacial score (nSPS) is 8.83. The van der Waals surface area contributed by atoms with Gasteiger partial charge in [0.2, 0.25) is 0 Å². The molecule has 0 spiro atoms. The summed E-state index contributed by atoms with van der Waals surface area (Å²) < 4.78 is 0. The van der Waals surface area contributed by atoms with Crippen LogP contribution in [0.5, 0.6) is 0 Å². The molecule has 0 unspecified atom stereocenters. The number of hydrogen-bond acceptors (Lipinski definition) is 3. The number of thiol groups is 1. The predicted molar refractivity (Wildman–Crippen MR) is 28.2 cm³/mol. The molecule has 1 nitrogen and oxygen atoms in total. The average Bonchev–Trinajstić information content (AvgIpc) is 1.86. The van der Waals surface area contributed by atoms with Crippen molar-refractivity contribution >= 4 is 24.0 Å². The summed E-state index contributed by atoms with van der Waals surface area (Å²) >= 11 is 5.33. The first-order valence-electron chi connectivity index (χ1n) is 1.40. The molecule has 0 aliphatic heterocycles. The third-order valence-electron chi connectivity index (χ3n) is 0.377. The van der Waals surface area contributed by atoms with Gasteiger partial charge in [0.25, 0.3) is 0 Å². The fourth-order valence-electron chi connectivity index (χ4n) is 0.179. The van der Waals surface area contributed by atoms with E-state index in [0.717, 1.165) is 5.03 Å². The molecule has 0 N–H and O–H groups in total. The van der Waals surface area contributed by atoms with Gasteiger partial charge in [-0.05, 0) is 5.51 Å². The molecule has 0 saturated carbocycles. The highest BCUT2D eigenvalue weighted by molar-refractivity contribution is 7.80. The van der Waals surface area contributed by atoms with E-state index in [1.165, 1.54) is 11.3 Å². The number of nitrogens with zero attached hydrogens (tertiary/aromatic N) is 1. The Morgan fingerprint density at radius 2 is 2.83 bits per heavy atom. The van der Waals surface area contributed by atoms with Crippen LogP contribution in [-0.4, -0.2) is 4.98 Å². The van der Waals surface area contributed by atoms with Crippen molar-refractivity contribution < 1.29 is 0 Å². The second-order valence-electron chi connectivity index (χ2n) is 0.797. The van der Waals surface area contributed by atoms with Gasteiger partial charge in [-0.2, -0.15) is 0 Å². The summed E-state index contributed by atoms with van der Waals surface area (Å²) in [5, 5.41) is 2.57. The Labute approximate surface area is 45.4 Å². The van der Waals surface area contributed by atoms with Crippen LogP contribution in [0, 0.1) is 5.51 Å². The third kappa shape index (κ3) is 0.725. The molecule has 32 valence electrons. The number of hydrogen-bond donors (Lipinski definition) is 1. The maximum atomic E-state index is 3.90. The molecule has 3 heteroatoms. The van der Waals surface area contributed by atoms with Crippen LogP contribution in [0.4, 0.5) is 0 Å². The van der Waals surface area contributed by atoms with Crippen molar-refractivity contribution in [1.82, 2.24) is 4.98 Å².